The average molecular weight is 183 g/mol. The number of hydrogen-bond acceptors (Lipinski definition) is 2. The van der Waals surface area contributed by atoms with E-state index in [0.29, 0.717) is 5.41 Å². The molecule has 0 aliphatic carbocycles. The van der Waals surface area contributed by atoms with E-state index < -0.39 is 0 Å². The molecule has 0 saturated carbocycles. The molecular formula is C11H21NO. The van der Waals surface area contributed by atoms with Crippen molar-refractivity contribution in [2.75, 3.05) is 6.61 Å². The van der Waals surface area contributed by atoms with Crippen LogP contribution in [-0.2, 0) is 4.84 Å². The molecule has 1 unspecified atom stereocenters. The van der Waals surface area contributed by atoms with Crippen molar-refractivity contribution in [1.29, 1.82) is 0 Å². The van der Waals surface area contributed by atoms with E-state index in [9.17, 15) is 0 Å². The third kappa shape index (κ3) is 3.37. The Morgan fingerprint density at radius 1 is 1.54 bits per heavy atom. The lowest BCUT2D eigenvalue weighted by atomic mass is 9.81. The predicted octanol–water partition coefficient (Wildman–Crippen LogP) is 3.37. The molecule has 0 N–H and O–H groups in total. The Morgan fingerprint density at radius 2 is 2.31 bits per heavy atom. The van der Waals surface area contributed by atoms with Gasteiger partial charge in [0.25, 0.3) is 0 Å². The lowest BCUT2D eigenvalue weighted by Gasteiger charge is -2.29. The summed E-state index contributed by atoms with van der Waals surface area (Å²) >= 11 is 0. The lowest BCUT2D eigenvalue weighted by molar-refractivity contribution is 0.0411. The molecule has 0 spiro atoms. The van der Waals surface area contributed by atoms with Gasteiger partial charge in [0.05, 0.1) is 5.71 Å². The van der Waals surface area contributed by atoms with Gasteiger partial charge in [0.2, 0.25) is 0 Å². The van der Waals surface area contributed by atoms with Gasteiger partial charge in [-0.05, 0) is 32.6 Å². The summed E-state index contributed by atoms with van der Waals surface area (Å²) in [5, 5.41) is 4.08. The Bertz CT molecular complexity index is 189. The van der Waals surface area contributed by atoms with Crippen LogP contribution in [0.3, 0.4) is 0 Å². The van der Waals surface area contributed by atoms with Gasteiger partial charge in [-0.1, -0.05) is 25.4 Å². The Balaban J connectivity index is 2.51. The monoisotopic (exact) mass is 183 g/mol. The van der Waals surface area contributed by atoms with Crippen molar-refractivity contribution in [2.24, 2.45) is 10.6 Å². The molecule has 0 aromatic rings. The fourth-order valence-corrected chi connectivity index (χ4v) is 1.99. The largest absolute Gasteiger partial charge is 0.395 e. The van der Waals surface area contributed by atoms with E-state index >= 15 is 0 Å². The van der Waals surface area contributed by atoms with Crippen molar-refractivity contribution in [3.8, 4) is 0 Å². The van der Waals surface area contributed by atoms with Crippen LogP contribution in [0.25, 0.3) is 0 Å². The molecule has 1 rings (SSSR count). The summed E-state index contributed by atoms with van der Waals surface area (Å²) in [4.78, 5) is 5.34. The standard InChI is InChI=1S/C11H21NO/c1-4-7-11(3)8-5-6-10(2)12-13-9-11/h4-9H2,1-3H3. The van der Waals surface area contributed by atoms with Gasteiger partial charge in [0, 0.05) is 5.41 Å². The average Bonchev–Trinajstić information content (AvgIpc) is 2.02. The molecule has 76 valence electrons. The van der Waals surface area contributed by atoms with Crippen LogP contribution in [0.2, 0.25) is 0 Å². The maximum Gasteiger partial charge on any atom is 0.122 e. The second kappa shape index (κ2) is 4.64. The van der Waals surface area contributed by atoms with Crippen LogP contribution in [0.1, 0.15) is 52.9 Å². The minimum absolute atomic E-state index is 0.360. The molecule has 13 heavy (non-hydrogen) atoms. The minimum Gasteiger partial charge on any atom is -0.395 e. The molecule has 1 aliphatic heterocycles. The molecule has 0 aromatic carbocycles. The number of rotatable bonds is 2. The fourth-order valence-electron chi connectivity index (χ4n) is 1.99. The molecule has 0 saturated heterocycles. The third-order valence-electron chi connectivity index (χ3n) is 2.81. The van der Waals surface area contributed by atoms with E-state index in [2.05, 4.69) is 19.0 Å². The molecule has 0 radical (unpaired) electrons. The summed E-state index contributed by atoms with van der Waals surface area (Å²) in [5.74, 6) is 0. The van der Waals surface area contributed by atoms with Crippen LogP contribution >= 0.6 is 0 Å². The Labute approximate surface area is 81.3 Å². The van der Waals surface area contributed by atoms with Crippen LogP contribution < -0.4 is 0 Å². The van der Waals surface area contributed by atoms with Crippen molar-refractivity contribution >= 4 is 5.71 Å². The van der Waals surface area contributed by atoms with Gasteiger partial charge < -0.3 is 4.84 Å². The first-order valence-electron chi connectivity index (χ1n) is 5.32. The second-order valence-electron chi connectivity index (χ2n) is 4.51. The zero-order valence-corrected chi connectivity index (χ0v) is 9.10. The topological polar surface area (TPSA) is 21.6 Å². The van der Waals surface area contributed by atoms with E-state index in [1.807, 2.05) is 6.92 Å². The highest BCUT2D eigenvalue weighted by Crippen LogP contribution is 2.31. The maximum atomic E-state index is 5.34. The quantitative estimate of drug-likeness (QED) is 0.643. The Morgan fingerprint density at radius 3 is 3.00 bits per heavy atom. The van der Waals surface area contributed by atoms with Crippen molar-refractivity contribution in [3.05, 3.63) is 0 Å². The molecule has 1 heterocycles. The zero-order valence-electron chi connectivity index (χ0n) is 9.10. The summed E-state index contributed by atoms with van der Waals surface area (Å²) < 4.78 is 0. The summed E-state index contributed by atoms with van der Waals surface area (Å²) in [6.07, 6.45) is 6.12. The first-order valence-corrected chi connectivity index (χ1v) is 5.32. The highest BCUT2D eigenvalue weighted by Gasteiger charge is 2.25. The molecule has 2 heteroatoms. The highest BCUT2D eigenvalue weighted by molar-refractivity contribution is 5.81. The van der Waals surface area contributed by atoms with E-state index in [-0.39, 0.29) is 0 Å². The third-order valence-corrected chi connectivity index (χ3v) is 2.81. The SMILES string of the molecule is CCCC1(C)CCCC(C)=NOC1. The highest BCUT2D eigenvalue weighted by atomic mass is 16.6. The lowest BCUT2D eigenvalue weighted by Crippen LogP contribution is -2.24. The molecule has 0 aromatic heterocycles. The molecule has 2 nitrogen and oxygen atoms in total. The van der Waals surface area contributed by atoms with Gasteiger partial charge in [0.15, 0.2) is 0 Å². The molecule has 0 fully saturated rings. The van der Waals surface area contributed by atoms with Crippen molar-refractivity contribution in [1.82, 2.24) is 0 Å². The Kier molecular flexibility index (Phi) is 3.76. The van der Waals surface area contributed by atoms with Gasteiger partial charge >= 0.3 is 0 Å². The molecule has 0 bridgehead atoms. The van der Waals surface area contributed by atoms with Gasteiger partial charge in [-0.2, -0.15) is 0 Å². The smallest absolute Gasteiger partial charge is 0.122 e. The van der Waals surface area contributed by atoms with Crippen molar-refractivity contribution < 1.29 is 4.84 Å². The van der Waals surface area contributed by atoms with Crippen LogP contribution in [0.4, 0.5) is 0 Å². The minimum atomic E-state index is 0.360. The predicted molar refractivity (Wildman–Crippen MR) is 55.9 cm³/mol. The van der Waals surface area contributed by atoms with Crippen molar-refractivity contribution in [2.45, 2.75) is 52.9 Å². The van der Waals surface area contributed by atoms with Crippen LogP contribution in [0.15, 0.2) is 5.16 Å². The first kappa shape index (κ1) is 10.6. The summed E-state index contributed by atoms with van der Waals surface area (Å²) in [7, 11) is 0. The van der Waals surface area contributed by atoms with E-state index in [0.717, 1.165) is 18.7 Å². The van der Waals surface area contributed by atoms with Gasteiger partial charge in [-0.15, -0.1) is 0 Å². The van der Waals surface area contributed by atoms with Crippen LogP contribution in [0, 0.1) is 5.41 Å². The number of hydrogen-bond donors (Lipinski definition) is 0. The van der Waals surface area contributed by atoms with E-state index in [4.69, 9.17) is 4.84 Å². The van der Waals surface area contributed by atoms with Gasteiger partial charge in [0.1, 0.15) is 6.61 Å². The molecule has 1 aliphatic rings. The summed E-state index contributed by atoms with van der Waals surface area (Å²) in [5.41, 5.74) is 1.50. The summed E-state index contributed by atoms with van der Waals surface area (Å²) in [6.45, 7) is 7.38. The maximum absolute atomic E-state index is 5.34. The number of oxime groups is 1. The second-order valence-corrected chi connectivity index (χ2v) is 4.51. The molecular weight excluding hydrogens is 162 g/mol. The van der Waals surface area contributed by atoms with Crippen LogP contribution in [-0.4, -0.2) is 12.3 Å². The Hall–Kier alpha value is -0.530. The van der Waals surface area contributed by atoms with Crippen LogP contribution in [0.5, 0.6) is 0 Å². The fraction of sp³-hybridized carbons (Fsp3) is 0.909. The molecule has 1 atom stereocenters. The molecule has 0 amide bonds. The number of nitrogens with zero attached hydrogens (tertiary/aromatic N) is 1. The van der Waals surface area contributed by atoms with Gasteiger partial charge in [-0.25, -0.2) is 0 Å². The first-order chi connectivity index (χ1) is 6.16. The van der Waals surface area contributed by atoms with E-state index in [1.165, 1.54) is 25.7 Å². The van der Waals surface area contributed by atoms with E-state index in [1.54, 1.807) is 0 Å². The normalized spacial score (nSPS) is 29.9. The van der Waals surface area contributed by atoms with Gasteiger partial charge in [-0.3, -0.25) is 0 Å². The zero-order chi connectivity index (χ0) is 9.73. The van der Waals surface area contributed by atoms with Crippen molar-refractivity contribution in [3.63, 3.8) is 0 Å². The summed E-state index contributed by atoms with van der Waals surface area (Å²) in [6, 6.07) is 0.